The molecular weight excluding hydrogens is 372 g/mol. The van der Waals surface area contributed by atoms with Crippen molar-refractivity contribution < 1.29 is 9.59 Å². The summed E-state index contributed by atoms with van der Waals surface area (Å²) in [6.07, 6.45) is 1.48. The quantitative estimate of drug-likeness (QED) is 0.695. The number of rotatable bonds is 6. The van der Waals surface area contributed by atoms with E-state index in [2.05, 4.69) is 15.5 Å². The van der Waals surface area contributed by atoms with E-state index >= 15 is 0 Å². The molecule has 1 aromatic heterocycles. The molecule has 1 N–H and O–H groups in total. The molecular formula is C21H20N4O2S. The fourth-order valence-electron chi connectivity index (χ4n) is 3.26. The van der Waals surface area contributed by atoms with Crippen LogP contribution in [0.25, 0.3) is 0 Å². The van der Waals surface area contributed by atoms with E-state index in [0.29, 0.717) is 30.9 Å². The van der Waals surface area contributed by atoms with Crippen LogP contribution in [0.2, 0.25) is 0 Å². The minimum atomic E-state index is -0.0834. The Morgan fingerprint density at radius 1 is 1.07 bits per heavy atom. The molecule has 4 rings (SSSR count). The van der Waals surface area contributed by atoms with Gasteiger partial charge in [-0.15, -0.1) is 10.2 Å². The Morgan fingerprint density at radius 3 is 2.54 bits per heavy atom. The van der Waals surface area contributed by atoms with Gasteiger partial charge in [0, 0.05) is 31.0 Å². The number of carbonyl (C=O) groups excluding carboxylic acids is 2. The van der Waals surface area contributed by atoms with Crippen molar-refractivity contribution in [1.82, 2.24) is 10.2 Å². The minimum Gasteiger partial charge on any atom is -0.312 e. The second-order valence-electron chi connectivity index (χ2n) is 6.72. The van der Waals surface area contributed by atoms with Gasteiger partial charge in [0.05, 0.1) is 0 Å². The lowest BCUT2D eigenvalue weighted by molar-refractivity contribution is -0.117. The van der Waals surface area contributed by atoms with Gasteiger partial charge in [0.1, 0.15) is 5.01 Å². The third-order valence-electron chi connectivity index (χ3n) is 4.71. The van der Waals surface area contributed by atoms with Crippen LogP contribution < -0.4 is 10.2 Å². The zero-order valence-corrected chi connectivity index (χ0v) is 16.1. The van der Waals surface area contributed by atoms with Crippen LogP contribution in [-0.4, -0.2) is 28.6 Å². The van der Waals surface area contributed by atoms with Crippen LogP contribution in [0.4, 0.5) is 10.8 Å². The summed E-state index contributed by atoms with van der Waals surface area (Å²) in [6, 6.07) is 19.5. The number of anilines is 2. The van der Waals surface area contributed by atoms with Gasteiger partial charge in [-0.25, -0.2) is 0 Å². The van der Waals surface area contributed by atoms with Gasteiger partial charge in [-0.1, -0.05) is 59.9 Å². The van der Waals surface area contributed by atoms with Crippen molar-refractivity contribution in [1.29, 1.82) is 0 Å². The minimum absolute atomic E-state index is 0.000164. The summed E-state index contributed by atoms with van der Waals surface area (Å²) in [5.74, 6) is -0.0000120. The van der Waals surface area contributed by atoms with Crippen LogP contribution >= 0.6 is 11.3 Å². The van der Waals surface area contributed by atoms with Gasteiger partial charge in [0.25, 0.3) is 0 Å². The molecule has 2 heterocycles. The van der Waals surface area contributed by atoms with Gasteiger partial charge in [0.2, 0.25) is 16.9 Å². The predicted octanol–water partition coefficient (Wildman–Crippen LogP) is 3.63. The molecule has 28 heavy (non-hydrogen) atoms. The van der Waals surface area contributed by atoms with Crippen molar-refractivity contribution in [2.45, 2.75) is 25.2 Å². The number of benzene rings is 2. The molecule has 3 aromatic rings. The molecule has 1 aliphatic heterocycles. The van der Waals surface area contributed by atoms with E-state index in [1.807, 2.05) is 60.7 Å². The fourth-order valence-corrected chi connectivity index (χ4v) is 4.12. The standard InChI is InChI=1S/C21H20N4O2S/c26-18(12-11-15-7-3-1-4-8-15)22-21-24-23-20(28-21)16-13-19(27)25(14-16)17-9-5-2-6-10-17/h1-10,16H,11-14H2,(H,22,24,26)/t16-/m1/s1. The average molecular weight is 392 g/mol. The van der Waals surface area contributed by atoms with E-state index in [4.69, 9.17) is 0 Å². The van der Waals surface area contributed by atoms with Crippen LogP contribution in [0.15, 0.2) is 60.7 Å². The van der Waals surface area contributed by atoms with E-state index in [-0.39, 0.29) is 17.7 Å². The van der Waals surface area contributed by atoms with Crippen molar-refractivity contribution in [3.63, 3.8) is 0 Å². The molecule has 0 radical (unpaired) electrons. The maximum absolute atomic E-state index is 12.4. The smallest absolute Gasteiger partial charge is 0.227 e. The molecule has 0 spiro atoms. The number of para-hydroxylation sites is 1. The molecule has 6 nitrogen and oxygen atoms in total. The Morgan fingerprint density at radius 2 is 1.79 bits per heavy atom. The van der Waals surface area contributed by atoms with Crippen molar-refractivity contribution >= 4 is 34.0 Å². The molecule has 1 atom stereocenters. The van der Waals surface area contributed by atoms with Crippen LogP contribution in [0.3, 0.4) is 0 Å². The first-order valence-electron chi connectivity index (χ1n) is 9.21. The van der Waals surface area contributed by atoms with Gasteiger partial charge in [-0.05, 0) is 24.1 Å². The molecule has 0 aliphatic carbocycles. The monoisotopic (exact) mass is 392 g/mol. The fraction of sp³-hybridized carbons (Fsp3) is 0.238. The molecule has 2 amide bonds. The zero-order chi connectivity index (χ0) is 19.3. The highest BCUT2D eigenvalue weighted by atomic mass is 32.1. The highest BCUT2D eigenvalue weighted by Crippen LogP contribution is 2.34. The third kappa shape index (κ3) is 4.26. The maximum atomic E-state index is 12.4. The Hall–Kier alpha value is -3.06. The number of hydrogen-bond donors (Lipinski definition) is 1. The molecule has 0 saturated carbocycles. The van der Waals surface area contributed by atoms with Gasteiger partial charge in [-0.3, -0.25) is 9.59 Å². The molecule has 0 bridgehead atoms. The number of carbonyl (C=O) groups is 2. The Labute approximate surface area is 167 Å². The van der Waals surface area contributed by atoms with Crippen LogP contribution in [0.5, 0.6) is 0 Å². The highest BCUT2D eigenvalue weighted by molar-refractivity contribution is 7.15. The van der Waals surface area contributed by atoms with Gasteiger partial charge < -0.3 is 10.2 Å². The summed E-state index contributed by atoms with van der Waals surface area (Å²) in [6.45, 7) is 0.583. The lowest BCUT2D eigenvalue weighted by atomic mass is 10.1. The van der Waals surface area contributed by atoms with Crippen molar-refractivity contribution in [3.8, 4) is 0 Å². The van der Waals surface area contributed by atoms with E-state index in [9.17, 15) is 9.59 Å². The van der Waals surface area contributed by atoms with Crippen molar-refractivity contribution in [2.24, 2.45) is 0 Å². The second kappa shape index (κ2) is 8.31. The molecule has 0 unspecified atom stereocenters. The number of amides is 2. The van der Waals surface area contributed by atoms with E-state index in [0.717, 1.165) is 16.3 Å². The normalized spacial score (nSPS) is 16.4. The molecule has 7 heteroatoms. The molecule has 1 saturated heterocycles. The summed E-state index contributed by atoms with van der Waals surface area (Å²) < 4.78 is 0. The Kier molecular flexibility index (Phi) is 5.43. The zero-order valence-electron chi connectivity index (χ0n) is 15.2. The molecule has 1 aliphatic rings. The predicted molar refractivity (Wildman–Crippen MR) is 109 cm³/mol. The third-order valence-corrected chi connectivity index (χ3v) is 5.71. The number of nitrogens with zero attached hydrogens (tertiary/aromatic N) is 3. The Balaban J connectivity index is 1.34. The topological polar surface area (TPSA) is 75.2 Å². The van der Waals surface area contributed by atoms with Gasteiger partial charge in [0.15, 0.2) is 0 Å². The van der Waals surface area contributed by atoms with Gasteiger partial charge >= 0.3 is 0 Å². The lowest BCUT2D eigenvalue weighted by Gasteiger charge is -2.15. The van der Waals surface area contributed by atoms with E-state index < -0.39 is 0 Å². The number of aromatic nitrogens is 2. The van der Waals surface area contributed by atoms with E-state index in [1.54, 1.807) is 4.90 Å². The van der Waals surface area contributed by atoms with E-state index in [1.165, 1.54) is 11.3 Å². The van der Waals surface area contributed by atoms with Crippen molar-refractivity contribution in [3.05, 3.63) is 71.2 Å². The molecule has 2 aromatic carbocycles. The SMILES string of the molecule is O=C(CCc1ccccc1)Nc1nnc([C@@H]2CC(=O)N(c3ccccc3)C2)s1. The average Bonchev–Trinajstić information content (AvgIpc) is 3.34. The van der Waals surface area contributed by atoms with Gasteiger partial charge in [-0.2, -0.15) is 0 Å². The maximum Gasteiger partial charge on any atom is 0.227 e. The molecule has 1 fully saturated rings. The first-order chi connectivity index (χ1) is 13.7. The molecule has 142 valence electrons. The van der Waals surface area contributed by atoms with Crippen LogP contribution in [0, 0.1) is 0 Å². The number of nitrogens with one attached hydrogen (secondary N) is 1. The summed E-state index contributed by atoms with van der Waals surface area (Å²) >= 11 is 1.35. The number of hydrogen-bond acceptors (Lipinski definition) is 5. The van der Waals surface area contributed by atoms with Crippen LogP contribution in [-0.2, 0) is 16.0 Å². The summed E-state index contributed by atoms with van der Waals surface area (Å²) in [5, 5.41) is 12.4. The first-order valence-corrected chi connectivity index (χ1v) is 10.0. The summed E-state index contributed by atoms with van der Waals surface area (Å²) in [5.41, 5.74) is 2.02. The summed E-state index contributed by atoms with van der Waals surface area (Å²) in [4.78, 5) is 26.3. The van der Waals surface area contributed by atoms with Crippen LogP contribution in [0.1, 0.15) is 29.3 Å². The highest BCUT2D eigenvalue weighted by Gasteiger charge is 2.33. The Bertz CT molecular complexity index is 959. The first kappa shape index (κ1) is 18.3. The lowest BCUT2D eigenvalue weighted by Crippen LogP contribution is -2.24. The van der Waals surface area contributed by atoms with Crippen molar-refractivity contribution in [2.75, 3.05) is 16.8 Å². The largest absolute Gasteiger partial charge is 0.312 e. The number of aryl methyl sites for hydroxylation is 1. The second-order valence-corrected chi connectivity index (χ2v) is 7.73. The summed E-state index contributed by atoms with van der Waals surface area (Å²) in [7, 11) is 0.